The third-order valence-electron chi connectivity index (χ3n) is 2.10. The average molecular weight is 208 g/mol. The first kappa shape index (κ1) is 11.8. The molecule has 0 aromatic carbocycles. The Bertz CT molecular complexity index is 299. The van der Waals surface area contributed by atoms with Crippen LogP contribution in [-0.4, -0.2) is 18.1 Å². The van der Waals surface area contributed by atoms with Gasteiger partial charge in [0.15, 0.2) is 0 Å². The third-order valence-corrected chi connectivity index (χ3v) is 2.10. The summed E-state index contributed by atoms with van der Waals surface area (Å²) >= 11 is 0. The number of aromatic nitrogens is 1. The zero-order chi connectivity index (χ0) is 11.3. The van der Waals surface area contributed by atoms with Gasteiger partial charge in [0.2, 0.25) is 5.88 Å². The maximum atomic E-state index is 5.72. The van der Waals surface area contributed by atoms with Gasteiger partial charge in [-0.3, -0.25) is 0 Å². The highest BCUT2D eigenvalue weighted by atomic mass is 16.5. The molecule has 0 bridgehead atoms. The molecule has 0 spiro atoms. The lowest BCUT2D eigenvalue weighted by molar-refractivity contribution is 0.186. The van der Waals surface area contributed by atoms with E-state index in [0.29, 0.717) is 11.8 Å². The fourth-order valence-electron chi connectivity index (χ4n) is 1.54. The minimum Gasteiger partial charge on any atom is -0.475 e. The summed E-state index contributed by atoms with van der Waals surface area (Å²) in [5, 5.41) is 2.99. The van der Waals surface area contributed by atoms with Crippen LogP contribution in [0.2, 0.25) is 0 Å². The number of ether oxygens (including phenoxy) is 1. The van der Waals surface area contributed by atoms with Crippen molar-refractivity contribution in [3.05, 3.63) is 18.2 Å². The second-order valence-corrected chi connectivity index (χ2v) is 4.17. The third kappa shape index (κ3) is 4.19. The molecule has 0 fully saturated rings. The summed E-state index contributed by atoms with van der Waals surface area (Å²) < 4.78 is 5.72. The molecule has 3 nitrogen and oxygen atoms in total. The Morgan fingerprint density at radius 3 is 2.67 bits per heavy atom. The van der Waals surface area contributed by atoms with E-state index in [-0.39, 0.29) is 6.10 Å². The van der Waals surface area contributed by atoms with E-state index in [9.17, 15) is 0 Å². The van der Waals surface area contributed by atoms with Gasteiger partial charge in [0.25, 0.3) is 0 Å². The fraction of sp³-hybridized carbons (Fsp3) is 0.583. The van der Waals surface area contributed by atoms with Crippen molar-refractivity contribution in [2.24, 2.45) is 5.92 Å². The van der Waals surface area contributed by atoms with Crippen molar-refractivity contribution in [3.8, 4) is 5.88 Å². The van der Waals surface area contributed by atoms with E-state index in [1.165, 1.54) is 0 Å². The van der Waals surface area contributed by atoms with E-state index in [4.69, 9.17) is 4.74 Å². The molecule has 1 aromatic rings. The van der Waals surface area contributed by atoms with Crippen molar-refractivity contribution in [3.63, 3.8) is 0 Å². The summed E-state index contributed by atoms with van der Waals surface area (Å²) in [6.45, 7) is 6.46. The SMILES string of the molecule is CNc1cccc(OC(C)CC(C)C)n1. The molecule has 0 radical (unpaired) electrons. The molecule has 0 aliphatic carbocycles. The van der Waals surface area contributed by atoms with Crippen LogP contribution >= 0.6 is 0 Å². The number of pyridine rings is 1. The largest absolute Gasteiger partial charge is 0.475 e. The van der Waals surface area contributed by atoms with Crippen LogP contribution in [0.15, 0.2) is 18.2 Å². The summed E-state index contributed by atoms with van der Waals surface area (Å²) in [5.41, 5.74) is 0. The van der Waals surface area contributed by atoms with Gasteiger partial charge in [-0.2, -0.15) is 4.98 Å². The molecular formula is C12H20N2O. The highest BCUT2D eigenvalue weighted by molar-refractivity contribution is 5.36. The number of anilines is 1. The molecule has 0 aliphatic heterocycles. The zero-order valence-electron chi connectivity index (χ0n) is 9.95. The maximum Gasteiger partial charge on any atom is 0.215 e. The van der Waals surface area contributed by atoms with Gasteiger partial charge in [-0.05, 0) is 25.3 Å². The smallest absolute Gasteiger partial charge is 0.215 e. The van der Waals surface area contributed by atoms with Crippen LogP contribution in [0.1, 0.15) is 27.2 Å². The van der Waals surface area contributed by atoms with Gasteiger partial charge >= 0.3 is 0 Å². The van der Waals surface area contributed by atoms with E-state index < -0.39 is 0 Å². The number of nitrogens with one attached hydrogen (secondary N) is 1. The second kappa shape index (κ2) is 5.59. The van der Waals surface area contributed by atoms with Gasteiger partial charge in [0.05, 0.1) is 6.10 Å². The van der Waals surface area contributed by atoms with Gasteiger partial charge in [-0.15, -0.1) is 0 Å². The lowest BCUT2D eigenvalue weighted by Gasteiger charge is -2.16. The topological polar surface area (TPSA) is 34.1 Å². The molecule has 0 aliphatic rings. The van der Waals surface area contributed by atoms with E-state index in [0.717, 1.165) is 12.2 Å². The normalized spacial score (nSPS) is 12.6. The number of rotatable bonds is 5. The molecule has 0 amide bonds. The number of nitrogens with zero attached hydrogens (tertiary/aromatic N) is 1. The van der Waals surface area contributed by atoms with Crippen LogP contribution in [0.25, 0.3) is 0 Å². The predicted octanol–water partition coefficient (Wildman–Crippen LogP) is 2.94. The Labute approximate surface area is 91.9 Å². The van der Waals surface area contributed by atoms with Crippen molar-refractivity contribution < 1.29 is 4.74 Å². The molecule has 0 saturated carbocycles. The summed E-state index contributed by atoms with van der Waals surface area (Å²) in [7, 11) is 1.85. The van der Waals surface area contributed by atoms with E-state index in [1.54, 1.807) is 0 Å². The zero-order valence-corrected chi connectivity index (χ0v) is 9.95. The van der Waals surface area contributed by atoms with Crippen LogP contribution in [0.3, 0.4) is 0 Å². The molecule has 1 unspecified atom stereocenters. The van der Waals surface area contributed by atoms with Gasteiger partial charge in [0, 0.05) is 13.1 Å². The van der Waals surface area contributed by atoms with Crippen molar-refractivity contribution >= 4 is 5.82 Å². The summed E-state index contributed by atoms with van der Waals surface area (Å²) in [5.74, 6) is 2.17. The van der Waals surface area contributed by atoms with Gasteiger partial charge in [-0.1, -0.05) is 19.9 Å². The highest BCUT2D eigenvalue weighted by Crippen LogP contribution is 2.15. The molecule has 84 valence electrons. The van der Waals surface area contributed by atoms with Crippen LogP contribution in [0.5, 0.6) is 5.88 Å². The Kier molecular flexibility index (Phi) is 4.40. The van der Waals surface area contributed by atoms with Crippen LogP contribution in [0, 0.1) is 5.92 Å². The maximum absolute atomic E-state index is 5.72. The summed E-state index contributed by atoms with van der Waals surface area (Å²) in [4.78, 5) is 4.31. The Balaban J connectivity index is 2.55. The van der Waals surface area contributed by atoms with Crippen LogP contribution in [0.4, 0.5) is 5.82 Å². The first-order valence-corrected chi connectivity index (χ1v) is 5.43. The standard InChI is InChI=1S/C12H20N2O/c1-9(2)8-10(3)15-12-7-5-6-11(13-4)14-12/h5-7,9-10H,8H2,1-4H3,(H,13,14). The highest BCUT2D eigenvalue weighted by Gasteiger charge is 2.07. The van der Waals surface area contributed by atoms with Crippen LogP contribution in [-0.2, 0) is 0 Å². The molecule has 1 atom stereocenters. The van der Waals surface area contributed by atoms with Crippen molar-refractivity contribution in [2.75, 3.05) is 12.4 Å². The van der Waals surface area contributed by atoms with Crippen molar-refractivity contribution in [1.29, 1.82) is 0 Å². The minimum absolute atomic E-state index is 0.213. The minimum atomic E-state index is 0.213. The van der Waals surface area contributed by atoms with E-state index >= 15 is 0 Å². The van der Waals surface area contributed by atoms with Crippen molar-refractivity contribution in [2.45, 2.75) is 33.3 Å². The molecule has 1 rings (SSSR count). The Morgan fingerprint density at radius 2 is 2.07 bits per heavy atom. The predicted molar refractivity (Wildman–Crippen MR) is 63.3 cm³/mol. The monoisotopic (exact) mass is 208 g/mol. The molecule has 0 saturated heterocycles. The number of hydrogen-bond acceptors (Lipinski definition) is 3. The lowest BCUT2D eigenvalue weighted by Crippen LogP contribution is -2.15. The fourth-order valence-corrected chi connectivity index (χ4v) is 1.54. The Hall–Kier alpha value is -1.25. The summed E-state index contributed by atoms with van der Waals surface area (Å²) in [6, 6.07) is 5.74. The summed E-state index contributed by atoms with van der Waals surface area (Å²) in [6.07, 6.45) is 1.26. The van der Waals surface area contributed by atoms with Gasteiger partial charge in [-0.25, -0.2) is 0 Å². The number of hydrogen-bond donors (Lipinski definition) is 1. The average Bonchev–Trinajstić information content (AvgIpc) is 2.16. The molecule has 1 aromatic heterocycles. The van der Waals surface area contributed by atoms with Crippen LogP contribution < -0.4 is 10.1 Å². The molecule has 1 heterocycles. The molecule has 3 heteroatoms. The van der Waals surface area contributed by atoms with E-state index in [2.05, 4.69) is 31.1 Å². The molecular weight excluding hydrogens is 188 g/mol. The van der Waals surface area contributed by atoms with Gasteiger partial charge in [0.1, 0.15) is 5.82 Å². The lowest BCUT2D eigenvalue weighted by atomic mass is 10.1. The first-order valence-electron chi connectivity index (χ1n) is 5.43. The Morgan fingerprint density at radius 1 is 1.33 bits per heavy atom. The molecule has 15 heavy (non-hydrogen) atoms. The van der Waals surface area contributed by atoms with E-state index in [1.807, 2.05) is 25.2 Å². The first-order chi connectivity index (χ1) is 7.11. The van der Waals surface area contributed by atoms with Crippen molar-refractivity contribution in [1.82, 2.24) is 4.98 Å². The quantitative estimate of drug-likeness (QED) is 0.807. The second-order valence-electron chi connectivity index (χ2n) is 4.17. The molecule has 1 N–H and O–H groups in total. The van der Waals surface area contributed by atoms with Gasteiger partial charge < -0.3 is 10.1 Å².